The summed E-state index contributed by atoms with van der Waals surface area (Å²) >= 11 is 0. The molecule has 0 fully saturated rings. The van der Waals surface area contributed by atoms with Crippen molar-refractivity contribution in [2.24, 2.45) is 0 Å². The first-order chi connectivity index (χ1) is 7.32. The molecule has 1 aromatic rings. The minimum atomic E-state index is -4.79. The van der Waals surface area contributed by atoms with Crippen LogP contribution in [0.3, 0.4) is 0 Å². The molecule has 0 saturated heterocycles. The van der Waals surface area contributed by atoms with Gasteiger partial charge in [0.25, 0.3) is 0 Å². The molecular formula is C10H6F4O2. The van der Waals surface area contributed by atoms with E-state index in [1.54, 1.807) is 0 Å². The molecule has 0 aliphatic carbocycles. The lowest BCUT2D eigenvalue weighted by Crippen LogP contribution is -2.08. The third kappa shape index (κ3) is 2.82. The van der Waals surface area contributed by atoms with Crippen LogP contribution in [0.2, 0.25) is 0 Å². The second-order valence-electron chi connectivity index (χ2n) is 2.88. The molecule has 16 heavy (non-hydrogen) atoms. The molecule has 2 nitrogen and oxygen atoms in total. The van der Waals surface area contributed by atoms with Crippen LogP contribution in [-0.4, -0.2) is 11.1 Å². The molecule has 1 aromatic carbocycles. The van der Waals surface area contributed by atoms with E-state index in [9.17, 15) is 22.4 Å². The van der Waals surface area contributed by atoms with Gasteiger partial charge in [0.2, 0.25) is 0 Å². The maximum Gasteiger partial charge on any atom is 0.419 e. The van der Waals surface area contributed by atoms with Gasteiger partial charge in [-0.05, 0) is 12.1 Å². The highest BCUT2D eigenvalue weighted by molar-refractivity contribution is 5.85. The predicted octanol–water partition coefficient (Wildman–Crippen LogP) is 2.94. The summed E-state index contributed by atoms with van der Waals surface area (Å²) in [4.78, 5) is 10.1. The van der Waals surface area contributed by atoms with Gasteiger partial charge in [-0.25, -0.2) is 9.18 Å². The molecule has 0 aromatic heterocycles. The van der Waals surface area contributed by atoms with Gasteiger partial charge in [-0.2, -0.15) is 13.2 Å². The van der Waals surface area contributed by atoms with Crippen LogP contribution in [-0.2, 0) is 11.0 Å². The summed E-state index contributed by atoms with van der Waals surface area (Å²) in [6.45, 7) is 0. The van der Waals surface area contributed by atoms with E-state index in [-0.39, 0.29) is 0 Å². The normalized spacial score (nSPS) is 12.0. The minimum absolute atomic E-state index is 0.419. The molecule has 0 aliphatic heterocycles. The highest BCUT2D eigenvalue weighted by atomic mass is 19.4. The number of benzene rings is 1. The van der Waals surface area contributed by atoms with E-state index in [1.807, 2.05) is 0 Å². The topological polar surface area (TPSA) is 37.3 Å². The quantitative estimate of drug-likeness (QED) is 0.631. The number of rotatable bonds is 2. The van der Waals surface area contributed by atoms with Crippen LogP contribution in [0.5, 0.6) is 0 Å². The Morgan fingerprint density at radius 3 is 2.44 bits per heavy atom. The van der Waals surface area contributed by atoms with Gasteiger partial charge in [0.05, 0.1) is 5.56 Å². The first kappa shape index (κ1) is 12.2. The smallest absolute Gasteiger partial charge is 0.419 e. The van der Waals surface area contributed by atoms with Crippen molar-refractivity contribution >= 4 is 12.0 Å². The summed E-state index contributed by atoms with van der Waals surface area (Å²) in [5, 5.41) is 8.26. The van der Waals surface area contributed by atoms with Crippen molar-refractivity contribution in [2.45, 2.75) is 6.18 Å². The van der Waals surface area contributed by atoms with Gasteiger partial charge in [-0.3, -0.25) is 0 Å². The van der Waals surface area contributed by atoms with E-state index in [4.69, 9.17) is 5.11 Å². The maximum atomic E-state index is 13.3. The molecule has 0 aliphatic rings. The summed E-state index contributed by atoms with van der Waals surface area (Å²) in [6.07, 6.45) is -3.46. The molecule has 0 unspecified atom stereocenters. The zero-order valence-electron chi connectivity index (χ0n) is 7.75. The van der Waals surface area contributed by atoms with Gasteiger partial charge in [-0.1, -0.05) is 12.1 Å². The Morgan fingerprint density at radius 1 is 1.31 bits per heavy atom. The number of carbonyl (C=O) groups is 1. The van der Waals surface area contributed by atoms with Crippen molar-refractivity contribution in [3.63, 3.8) is 0 Å². The molecule has 0 atom stereocenters. The molecular weight excluding hydrogens is 228 g/mol. The maximum absolute atomic E-state index is 13.3. The van der Waals surface area contributed by atoms with Crippen LogP contribution in [0.4, 0.5) is 17.6 Å². The van der Waals surface area contributed by atoms with Crippen molar-refractivity contribution in [3.8, 4) is 0 Å². The standard InChI is InChI=1S/C10H6F4O2/c11-9-6(4-5-8(15)16)2-1-3-7(9)10(12,13)14/h1-5H,(H,15,16)/b5-4+. The number of hydrogen-bond acceptors (Lipinski definition) is 1. The number of alkyl halides is 3. The van der Waals surface area contributed by atoms with Gasteiger partial charge in [0, 0.05) is 11.6 Å². The lowest BCUT2D eigenvalue weighted by atomic mass is 10.1. The Labute approximate surface area is 87.8 Å². The summed E-state index contributed by atoms with van der Waals surface area (Å²) in [5.74, 6) is -2.84. The predicted molar refractivity (Wildman–Crippen MR) is 48.1 cm³/mol. The van der Waals surface area contributed by atoms with Crippen molar-refractivity contribution in [1.82, 2.24) is 0 Å². The monoisotopic (exact) mass is 234 g/mol. The minimum Gasteiger partial charge on any atom is -0.478 e. The van der Waals surface area contributed by atoms with Gasteiger partial charge in [0.15, 0.2) is 0 Å². The second kappa shape index (κ2) is 4.34. The van der Waals surface area contributed by atoms with Crippen molar-refractivity contribution < 1.29 is 27.5 Å². The third-order valence-electron chi connectivity index (χ3n) is 1.74. The molecule has 86 valence electrons. The molecule has 1 N–H and O–H groups in total. The van der Waals surface area contributed by atoms with Crippen LogP contribution in [0.1, 0.15) is 11.1 Å². The highest BCUT2D eigenvalue weighted by Gasteiger charge is 2.34. The van der Waals surface area contributed by atoms with Crippen molar-refractivity contribution in [3.05, 3.63) is 41.2 Å². The molecule has 0 bridgehead atoms. The third-order valence-corrected chi connectivity index (χ3v) is 1.74. The zero-order chi connectivity index (χ0) is 12.3. The first-order valence-electron chi connectivity index (χ1n) is 4.09. The van der Waals surface area contributed by atoms with Crippen LogP contribution >= 0.6 is 0 Å². The van der Waals surface area contributed by atoms with E-state index >= 15 is 0 Å². The molecule has 0 heterocycles. The fourth-order valence-corrected chi connectivity index (χ4v) is 1.06. The van der Waals surface area contributed by atoms with Crippen molar-refractivity contribution in [2.75, 3.05) is 0 Å². The summed E-state index contributed by atoms with van der Waals surface area (Å²) in [7, 11) is 0. The van der Waals surface area contributed by atoms with Crippen LogP contribution in [0.15, 0.2) is 24.3 Å². The number of carboxylic acids is 1. The van der Waals surface area contributed by atoms with Crippen LogP contribution < -0.4 is 0 Å². The summed E-state index contributed by atoms with van der Waals surface area (Å²) in [6, 6.07) is 2.66. The molecule has 0 spiro atoms. The number of hydrogen-bond donors (Lipinski definition) is 1. The van der Waals surface area contributed by atoms with Gasteiger partial charge in [0.1, 0.15) is 5.82 Å². The Hall–Kier alpha value is -1.85. The molecule has 0 amide bonds. The van der Waals surface area contributed by atoms with Gasteiger partial charge < -0.3 is 5.11 Å². The average molecular weight is 234 g/mol. The van der Waals surface area contributed by atoms with Gasteiger partial charge in [-0.15, -0.1) is 0 Å². The Kier molecular flexibility index (Phi) is 3.31. The zero-order valence-corrected chi connectivity index (χ0v) is 7.75. The number of halogens is 4. The van der Waals surface area contributed by atoms with Gasteiger partial charge >= 0.3 is 12.1 Å². The molecule has 0 saturated carbocycles. The van der Waals surface area contributed by atoms with E-state index in [1.165, 1.54) is 0 Å². The van der Waals surface area contributed by atoms with Crippen LogP contribution in [0, 0.1) is 5.82 Å². The summed E-state index contributed by atoms with van der Waals surface area (Å²) in [5.41, 5.74) is -1.84. The Balaban J connectivity index is 3.19. The Bertz CT molecular complexity index is 435. The SMILES string of the molecule is O=C(O)/C=C/c1cccc(C(F)(F)F)c1F. The fraction of sp³-hybridized carbons (Fsp3) is 0.100. The van der Waals surface area contributed by atoms with E-state index < -0.39 is 29.1 Å². The fourth-order valence-electron chi connectivity index (χ4n) is 1.06. The first-order valence-corrected chi connectivity index (χ1v) is 4.09. The number of carboxylic acid groups (broad SMARTS) is 1. The molecule has 1 rings (SSSR count). The molecule has 6 heteroatoms. The highest BCUT2D eigenvalue weighted by Crippen LogP contribution is 2.32. The summed E-state index contributed by atoms with van der Waals surface area (Å²) < 4.78 is 50.0. The average Bonchev–Trinajstić information content (AvgIpc) is 2.14. The second-order valence-corrected chi connectivity index (χ2v) is 2.88. The lowest BCUT2D eigenvalue weighted by Gasteiger charge is -2.08. The lowest BCUT2D eigenvalue weighted by molar-refractivity contribution is -0.140. The van der Waals surface area contributed by atoms with Crippen molar-refractivity contribution in [1.29, 1.82) is 0 Å². The van der Waals surface area contributed by atoms with E-state index in [0.717, 1.165) is 18.2 Å². The van der Waals surface area contributed by atoms with E-state index in [2.05, 4.69) is 0 Å². The number of aliphatic carboxylic acids is 1. The largest absolute Gasteiger partial charge is 0.478 e. The van der Waals surface area contributed by atoms with Crippen LogP contribution in [0.25, 0.3) is 6.08 Å². The van der Waals surface area contributed by atoms with E-state index in [0.29, 0.717) is 12.1 Å². The Morgan fingerprint density at radius 2 is 1.94 bits per heavy atom. The molecule has 0 radical (unpaired) electrons.